The highest BCUT2D eigenvalue weighted by Gasteiger charge is 2.03. The second-order valence-electron chi connectivity index (χ2n) is 5.58. The van der Waals surface area contributed by atoms with Crippen molar-refractivity contribution < 1.29 is 0 Å². The smallest absolute Gasteiger partial charge is 0.105 e. The molecule has 0 bridgehead atoms. The van der Waals surface area contributed by atoms with Crippen molar-refractivity contribution in [3.63, 3.8) is 0 Å². The van der Waals surface area contributed by atoms with Crippen molar-refractivity contribution in [3.05, 3.63) is 28.8 Å². The van der Waals surface area contributed by atoms with Gasteiger partial charge in [0.2, 0.25) is 0 Å². The Morgan fingerprint density at radius 1 is 1.25 bits per heavy atom. The van der Waals surface area contributed by atoms with Gasteiger partial charge in [-0.05, 0) is 30.5 Å². The molecule has 0 aromatic heterocycles. The molecular weight excluding hydrogens is 288 g/mol. The standard InChI is InChI=1S/C16H25ClN2S/c1-12(2)7-5-3-4-6-10-19-13-8-9-14(16(18)20)15(17)11-13/h8-9,11-12,19H,3-7,10H2,1-2H3,(H2,18,20). The Hall–Kier alpha value is -0.800. The molecule has 0 aliphatic heterocycles. The summed E-state index contributed by atoms with van der Waals surface area (Å²) in [5, 5.41) is 3.99. The maximum atomic E-state index is 6.13. The summed E-state index contributed by atoms with van der Waals surface area (Å²) in [6.45, 7) is 5.54. The number of halogens is 1. The van der Waals surface area contributed by atoms with Gasteiger partial charge in [-0.3, -0.25) is 0 Å². The lowest BCUT2D eigenvalue weighted by atomic mass is 10.0. The number of thiocarbonyl (C=S) groups is 1. The van der Waals surface area contributed by atoms with Crippen LogP contribution in [0.2, 0.25) is 5.02 Å². The third kappa shape index (κ3) is 6.58. The van der Waals surface area contributed by atoms with Crippen molar-refractivity contribution >= 4 is 34.5 Å². The predicted molar refractivity (Wildman–Crippen MR) is 93.8 cm³/mol. The normalized spacial score (nSPS) is 10.8. The fourth-order valence-corrected chi connectivity index (χ4v) is 2.61. The second-order valence-corrected chi connectivity index (χ2v) is 6.43. The SMILES string of the molecule is CC(C)CCCCCCNc1ccc(C(N)=S)c(Cl)c1. The van der Waals surface area contributed by atoms with E-state index in [1.807, 2.05) is 18.2 Å². The van der Waals surface area contributed by atoms with Gasteiger partial charge in [0.25, 0.3) is 0 Å². The number of benzene rings is 1. The molecule has 0 spiro atoms. The van der Waals surface area contributed by atoms with Crippen molar-refractivity contribution in [3.8, 4) is 0 Å². The van der Waals surface area contributed by atoms with Crippen LogP contribution in [0.3, 0.4) is 0 Å². The third-order valence-corrected chi connectivity index (χ3v) is 3.80. The van der Waals surface area contributed by atoms with Gasteiger partial charge in [-0.2, -0.15) is 0 Å². The van der Waals surface area contributed by atoms with Gasteiger partial charge in [-0.1, -0.05) is 63.3 Å². The van der Waals surface area contributed by atoms with Crippen LogP contribution in [0.5, 0.6) is 0 Å². The molecule has 0 atom stereocenters. The van der Waals surface area contributed by atoms with Gasteiger partial charge in [0.05, 0.1) is 5.02 Å². The minimum Gasteiger partial charge on any atom is -0.389 e. The Balaban J connectivity index is 2.22. The highest BCUT2D eigenvalue weighted by Crippen LogP contribution is 2.21. The first kappa shape index (κ1) is 17.3. The van der Waals surface area contributed by atoms with Crippen LogP contribution in [-0.2, 0) is 0 Å². The molecule has 0 radical (unpaired) electrons. The van der Waals surface area contributed by atoms with Crippen LogP contribution in [0.1, 0.15) is 51.5 Å². The van der Waals surface area contributed by atoms with Crippen molar-refractivity contribution in [1.82, 2.24) is 0 Å². The third-order valence-electron chi connectivity index (χ3n) is 3.27. The number of unbranched alkanes of at least 4 members (excludes halogenated alkanes) is 3. The predicted octanol–water partition coefficient (Wildman–Crippen LogP) is 4.99. The van der Waals surface area contributed by atoms with Crippen LogP contribution < -0.4 is 11.1 Å². The number of anilines is 1. The number of rotatable bonds is 9. The summed E-state index contributed by atoms with van der Waals surface area (Å²) in [5.74, 6) is 0.822. The van der Waals surface area contributed by atoms with Gasteiger partial charge in [0.1, 0.15) is 4.99 Å². The summed E-state index contributed by atoms with van der Waals surface area (Å²) in [6, 6.07) is 5.73. The summed E-state index contributed by atoms with van der Waals surface area (Å²) in [5.41, 5.74) is 7.34. The molecule has 0 saturated heterocycles. The van der Waals surface area contributed by atoms with E-state index in [1.54, 1.807) is 0 Å². The maximum absolute atomic E-state index is 6.13. The highest BCUT2D eigenvalue weighted by molar-refractivity contribution is 7.80. The molecule has 112 valence electrons. The lowest BCUT2D eigenvalue weighted by Crippen LogP contribution is -2.10. The first-order valence-electron chi connectivity index (χ1n) is 7.34. The lowest BCUT2D eigenvalue weighted by molar-refractivity contribution is 0.523. The van der Waals surface area contributed by atoms with Gasteiger partial charge < -0.3 is 11.1 Å². The molecule has 1 aromatic rings. The van der Waals surface area contributed by atoms with Crippen LogP contribution in [-0.4, -0.2) is 11.5 Å². The fourth-order valence-electron chi connectivity index (χ4n) is 2.09. The van der Waals surface area contributed by atoms with E-state index in [0.717, 1.165) is 23.7 Å². The van der Waals surface area contributed by atoms with Gasteiger partial charge >= 0.3 is 0 Å². The van der Waals surface area contributed by atoms with Crippen LogP contribution in [0.25, 0.3) is 0 Å². The molecule has 1 aromatic carbocycles. The number of nitrogens with two attached hydrogens (primary N) is 1. The van der Waals surface area contributed by atoms with E-state index in [9.17, 15) is 0 Å². The molecular formula is C16H25ClN2S. The van der Waals surface area contributed by atoms with E-state index in [0.29, 0.717) is 10.0 Å². The zero-order valence-electron chi connectivity index (χ0n) is 12.4. The van der Waals surface area contributed by atoms with Crippen molar-refractivity contribution in [1.29, 1.82) is 0 Å². The van der Waals surface area contributed by atoms with Crippen LogP contribution in [0.15, 0.2) is 18.2 Å². The molecule has 0 aliphatic rings. The number of hydrogen-bond donors (Lipinski definition) is 2. The Labute approximate surface area is 133 Å². The first-order valence-corrected chi connectivity index (χ1v) is 8.12. The topological polar surface area (TPSA) is 38.0 Å². The van der Waals surface area contributed by atoms with E-state index in [1.165, 1.54) is 32.1 Å². The van der Waals surface area contributed by atoms with E-state index in [-0.39, 0.29) is 0 Å². The van der Waals surface area contributed by atoms with Gasteiger partial charge in [0.15, 0.2) is 0 Å². The second kappa shape index (κ2) is 9.19. The Morgan fingerprint density at radius 3 is 2.55 bits per heavy atom. The van der Waals surface area contributed by atoms with Crippen molar-refractivity contribution in [2.75, 3.05) is 11.9 Å². The fraction of sp³-hybridized carbons (Fsp3) is 0.562. The molecule has 0 amide bonds. The number of hydrogen-bond acceptors (Lipinski definition) is 2. The van der Waals surface area contributed by atoms with Crippen LogP contribution >= 0.6 is 23.8 Å². The molecule has 0 fully saturated rings. The van der Waals surface area contributed by atoms with E-state index in [4.69, 9.17) is 29.6 Å². The van der Waals surface area contributed by atoms with Crippen LogP contribution in [0.4, 0.5) is 5.69 Å². The summed E-state index contributed by atoms with van der Waals surface area (Å²) in [6.07, 6.45) is 6.46. The zero-order chi connectivity index (χ0) is 15.0. The Bertz CT molecular complexity index is 432. The Kier molecular flexibility index (Phi) is 7.93. The summed E-state index contributed by atoms with van der Waals surface area (Å²) in [4.78, 5) is 0.340. The molecule has 0 heterocycles. The molecule has 20 heavy (non-hydrogen) atoms. The molecule has 4 heteroatoms. The molecule has 0 saturated carbocycles. The van der Waals surface area contributed by atoms with Gasteiger partial charge in [0, 0.05) is 17.8 Å². The summed E-state index contributed by atoms with van der Waals surface area (Å²) in [7, 11) is 0. The van der Waals surface area contributed by atoms with E-state index >= 15 is 0 Å². The molecule has 2 nitrogen and oxygen atoms in total. The minimum atomic E-state index is 0.340. The highest BCUT2D eigenvalue weighted by atomic mass is 35.5. The average molecular weight is 313 g/mol. The summed E-state index contributed by atoms with van der Waals surface area (Å²) < 4.78 is 0. The van der Waals surface area contributed by atoms with Crippen LogP contribution in [0, 0.1) is 5.92 Å². The largest absolute Gasteiger partial charge is 0.389 e. The quantitative estimate of drug-likeness (QED) is 0.498. The van der Waals surface area contributed by atoms with Gasteiger partial charge in [-0.15, -0.1) is 0 Å². The molecule has 0 unspecified atom stereocenters. The average Bonchev–Trinajstić information content (AvgIpc) is 2.37. The van der Waals surface area contributed by atoms with Gasteiger partial charge in [-0.25, -0.2) is 0 Å². The molecule has 1 rings (SSSR count). The molecule has 3 N–H and O–H groups in total. The lowest BCUT2D eigenvalue weighted by Gasteiger charge is -2.09. The maximum Gasteiger partial charge on any atom is 0.105 e. The van der Waals surface area contributed by atoms with Crippen molar-refractivity contribution in [2.24, 2.45) is 11.7 Å². The zero-order valence-corrected chi connectivity index (χ0v) is 14.0. The van der Waals surface area contributed by atoms with E-state index < -0.39 is 0 Å². The monoisotopic (exact) mass is 312 g/mol. The minimum absolute atomic E-state index is 0.340. The number of nitrogens with one attached hydrogen (secondary N) is 1. The van der Waals surface area contributed by atoms with Crippen molar-refractivity contribution in [2.45, 2.75) is 46.0 Å². The Morgan fingerprint density at radius 2 is 1.95 bits per heavy atom. The van der Waals surface area contributed by atoms with E-state index in [2.05, 4.69) is 19.2 Å². The molecule has 0 aliphatic carbocycles. The first-order chi connectivity index (χ1) is 9.50. The summed E-state index contributed by atoms with van der Waals surface area (Å²) >= 11 is 11.1.